The van der Waals surface area contributed by atoms with Crippen LogP contribution in [0.2, 0.25) is 0 Å². The Morgan fingerprint density at radius 2 is 1.95 bits per heavy atom. The predicted octanol–water partition coefficient (Wildman–Crippen LogP) is 2.45. The highest BCUT2D eigenvalue weighted by Gasteiger charge is 2.16. The van der Waals surface area contributed by atoms with Gasteiger partial charge in [-0.3, -0.25) is 9.59 Å². The number of nitrogens with zero attached hydrogens (tertiary/aromatic N) is 1. The summed E-state index contributed by atoms with van der Waals surface area (Å²) in [5.74, 6) is -0.941. The number of phenolic OH excluding ortho intramolecular Hbond substituents is 1. The zero-order chi connectivity index (χ0) is 15.4. The number of allylic oxidation sites excluding steroid dienone is 1. The minimum absolute atomic E-state index is 0.0957. The molecule has 0 saturated carbocycles. The van der Waals surface area contributed by atoms with E-state index in [2.05, 4.69) is 0 Å². The Hall–Kier alpha value is -2.01. The van der Waals surface area contributed by atoms with E-state index in [0.717, 1.165) is 0 Å². The maximum absolute atomic E-state index is 12.0. The summed E-state index contributed by atoms with van der Waals surface area (Å²) in [5, 5.41) is 10.3. The Morgan fingerprint density at radius 1 is 1.35 bits per heavy atom. The molecule has 1 N–H and O–H groups in total. The first-order valence-electron chi connectivity index (χ1n) is 5.84. The van der Waals surface area contributed by atoms with Crippen LogP contribution in [-0.4, -0.2) is 35.9 Å². The number of ketones is 1. The molecule has 0 aliphatic rings. The van der Waals surface area contributed by atoms with Gasteiger partial charge in [-0.05, 0) is 19.1 Å². The molecule has 1 rings (SSSR count). The van der Waals surface area contributed by atoms with Crippen molar-refractivity contribution in [3.8, 4) is 11.5 Å². The van der Waals surface area contributed by atoms with Gasteiger partial charge in [-0.15, -0.1) is 0 Å². The second-order valence-corrected chi connectivity index (χ2v) is 4.79. The summed E-state index contributed by atoms with van der Waals surface area (Å²) in [6.45, 7) is 2.82. The van der Waals surface area contributed by atoms with Gasteiger partial charge in [-0.25, -0.2) is 0 Å². The molecule has 0 aromatic heterocycles. The lowest BCUT2D eigenvalue weighted by Crippen LogP contribution is -2.09. The summed E-state index contributed by atoms with van der Waals surface area (Å²) in [6.07, 6.45) is 1.21. The molecular weight excluding hydrogens is 282 g/mol. The molecule has 0 amide bonds. The predicted molar refractivity (Wildman–Crippen MR) is 76.1 cm³/mol. The molecule has 108 valence electrons. The van der Waals surface area contributed by atoms with Crippen molar-refractivity contribution in [3.05, 3.63) is 34.5 Å². The number of carbonyl (C=O) groups is 2. The fourth-order valence-corrected chi connectivity index (χ4v) is 1.56. The fraction of sp³-hybridized carbons (Fsp3) is 0.286. The minimum Gasteiger partial charge on any atom is -0.507 e. The molecule has 1 aromatic carbocycles. The lowest BCUT2D eigenvalue weighted by Gasteiger charge is -2.11. The van der Waals surface area contributed by atoms with Crippen LogP contribution in [0.25, 0.3) is 0 Å². The highest BCUT2D eigenvalue weighted by atomic mass is 35.5. The van der Waals surface area contributed by atoms with E-state index >= 15 is 0 Å². The van der Waals surface area contributed by atoms with Crippen LogP contribution in [0.15, 0.2) is 23.4 Å². The summed E-state index contributed by atoms with van der Waals surface area (Å²) in [6, 6.07) is 2.85. The average Bonchev–Trinajstić information content (AvgIpc) is 2.34. The molecule has 0 radical (unpaired) electrons. The van der Waals surface area contributed by atoms with Crippen molar-refractivity contribution >= 4 is 23.4 Å². The zero-order valence-corrected chi connectivity index (χ0v) is 12.5. The van der Waals surface area contributed by atoms with Gasteiger partial charge >= 0.3 is 5.97 Å². The highest BCUT2D eigenvalue weighted by Crippen LogP contribution is 2.31. The van der Waals surface area contributed by atoms with E-state index in [0.29, 0.717) is 5.56 Å². The topological polar surface area (TPSA) is 66.8 Å². The summed E-state index contributed by atoms with van der Waals surface area (Å²) in [7, 11) is 3.39. The lowest BCUT2D eigenvalue weighted by molar-refractivity contribution is -0.131. The van der Waals surface area contributed by atoms with Crippen LogP contribution >= 0.6 is 11.6 Å². The molecule has 0 aliphatic carbocycles. The highest BCUT2D eigenvalue weighted by molar-refractivity contribution is 6.31. The van der Waals surface area contributed by atoms with Gasteiger partial charge in [0.05, 0.1) is 5.56 Å². The van der Waals surface area contributed by atoms with Crippen molar-refractivity contribution < 1.29 is 19.4 Å². The average molecular weight is 298 g/mol. The molecule has 0 heterocycles. The largest absolute Gasteiger partial charge is 0.507 e. The maximum Gasteiger partial charge on any atom is 0.308 e. The summed E-state index contributed by atoms with van der Waals surface area (Å²) >= 11 is 5.87. The van der Waals surface area contributed by atoms with Crippen molar-refractivity contribution in [2.75, 3.05) is 14.1 Å². The van der Waals surface area contributed by atoms with E-state index in [-0.39, 0.29) is 22.2 Å². The van der Waals surface area contributed by atoms with Crippen LogP contribution in [-0.2, 0) is 4.79 Å². The monoisotopic (exact) mass is 297 g/mol. The van der Waals surface area contributed by atoms with Crippen LogP contribution in [0.5, 0.6) is 11.5 Å². The van der Waals surface area contributed by atoms with Gasteiger partial charge in [-0.2, -0.15) is 0 Å². The van der Waals surface area contributed by atoms with Gasteiger partial charge in [0.25, 0.3) is 0 Å². The minimum atomic E-state index is -0.498. The lowest BCUT2D eigenvalue weighted by atomic mass is 10.0. The molecule has 1 aromatic rings. The van der Waals surface area contributed by atoms with Gasteiger partial charge in [0, 0.05) is 32.7 Å². The number of aromatic hydroxyl groups is 1. The Balaban J connectivity index is 3.16. The molecule has 0 bridgehead atoms. The van der Waals surface area contributed by atoms with Crippen LogP contribution in [0.3, 0.4) is 0 Å². The van der Waals surface area contributed by atoms with Crippen LogP contribution < -0.4 is 4.74 Å². The van der Waals surface area contributed by atoms with Gasteiger partial charge in [0.1, 0.15) is 16.7 Å². The Kier molecular flexibility index (Phi) is 5.16. The summed E-state index contributed by atoms with van der Waals surface area (Å²) in [4.78, 5) is 24.5. The smallest absolute Gasteiger partial charge is 0.308 e. The van der Waals surface area contributed by atoms with Crippen LogP contribution in [0, 0.1) is 6.92 Å². The van der Waals surface area contributed by atoms with Crippen molar-refractivity contribution in [2.45, 2.75) is 13.8 Å². The Labute approximate surface area is 122 Å². The first kappa shape index (κ1) is 16.0. The first-order valence-corrected chi connectivity index (χ1v) is 6.21. The van der Waals surface area contributed by atoms with E-state index in [1.165, 1.54) is 25.1 Å². The molecule has 0 saturated heterocycles. The van der Waals surface area contributed by atoms with Gasteiger partial charge in [0.15, 0.2) is 5.78 Å². The van der Waals surface area contributed by atoms with E-state index < -0.39 is 11.8 Å². The fourth-order valence-electron chi connectivity index (χ4n) is 1.46. The number of rotatable bonds is 4. The maximum atomic E-state index is 12.0. The standard InChI is InChI=1S/C14H16ClNO4/c1-8-12(20-9(2)17)6-5-10(14(8)19)11(18)7-13(15)16(3)4/h5-7,19H,1-4H3/b13-7+. The third kappa shape index (κ3) is 3.74. The van der Waals surface area contributed by atoms with Gasteiger partial charge in [0.2, 0.25) is 0 Å². The van der Waals surface area contributed by atoms with Crippen molar-refractivity contribution in [1.29, 1.82) is 0 Å². The molecule has 0 atom stereocenters. The van der Waals surface area contributed by atoms with Crippen LogP contribution in [0.4, 0.5) is 0 Å². The number of ether oxygens (including phenoxy) is 1. The summed E-state index contributed by atoms with van der Waals surface area (Å²) < 4.78 is 4.92. The van der Waals surface area contributed by atoms with Gasteiger partial charge in [-0.1, -0.05) is 11.6 Å². The third-order valence-electron chi connectivity index (χ3n) is 2.58. The summed E-state index contributed by atoms with van der Waals surface area (Å²) in [5.41, 5.74) is 0.416. The second kappa shape index (κ2) is 6.43. The number of benzene rings is 1. The number of hydrogen-bond donors (Lipinski definition) is 1. The normalized spacial score (nSPS) is 11.2. The quantitative estimate of drug-likeness (QED) is 0.304. The Bertz CT molecular complexity index is 579. The molecule has 20 heavy (non-hydrogen) atoms. The molecular formula is C14H16ClNO4. The molecule has 0 fully saturated rings. The van der Waals surface area contributed by atoms with Crippen LogP contribution in [0.1, 0.15) is 22.8 Å². The molecule has 6 heteroatoms. The third-order valence-corrected chi connectivity index (χ3v) is 3.03. The number of halogens is 1. The van der Waals surface area contributed by atoms with Gasteiger partial charge < -0.3 is 14.7 Å². The van der Waals surface area contributed by atoms with E-state index in [1.54, 1.807) is 25.9 Å². The number of esters is 1. The number of phenols is 1. The zero-order valence-electron chi connectivity index (χ0n) is 11.7. The SMILES string of the molecule is CC(=O)Oc1ccc(C(=O)/C=C(\Cl)N(C)C)c(O)c1C. The first-order chi connectivity index (χ1) is 9.23. The molecule has 0 aliphatic heterocycles. The molecule has 0 spiro atoms. The van der Waals surface area contributed by atoms with E-state index in [9.17, 15) is 14.7 Å². The number of hydrogen-bond acceptors (Lipinski definition) is 5. The van der Waals surface area contributed by atoms with Crippen molar-refractivity contribution in [1.82, 2.24) is 4.90 Å². The van der Waals surface area contributed by atoms with Crippen molar-refractivity contribution in [3.63, 3.8) is 0 Å². The van der Waals surface area contributed by atoms with E-state index in [1.807, 2.05) is 0 Å². The molecule has 0 unspecified atom stereocenters. The number of carbonyl (C=O) groups excluding carboxylic acids is 2. The Morgan fingerprint density at radius 3 is 2.45 bits per heavy atom. The second-order valence-electron chi connectivity index (χ2n) is 4.40. The van der Waals surface area contributed by atoms with Crippen molar-refractivity contribution in [2.24, 2.45) is 0 Å². The molecule has 5 nitrogen and oxygen atoms in total. The van der Waals surface area contributed by atoms with E-state index in [4.69, 9.17) is 16.3 Å².